The van der Waals surface area contributed by atoms with Gasteiger partial charge >= 0.3 is 0 Å². The summed E-state index contributed by atoms with van der Waals surface area (Å²) in [6, 6.07) is 0. The number of nitrogens with zero attached hydrogens (tertiary/aromatic N) is 1. The van der Waals surface area contributed by atoms with Crippen LogP contribution in [0.5, 0.6) is 0 Å². The molecular weight excluding hydrogens is 190 g/mol. The second-order valence-corrected chi connectivity index (χ2v) is 4.12. The van der Waals surface area contributed by atoms with Gasteiger partial charge in [-0.3, -0.25) is 0 Å². The predicted octanol–water partition coefficient (Wildman–Crippen LogP) is 0.147. The molecule has 2 atom stereocenters. The number of aliphatic hydroxyl groups is 3. The molecule has 1 rings (SSSR count). The largest absolute Gasteiger partial charge is 0.394 e. The molecule has 74 valence electrons. The molecule has 2 unspecified atom stereocenters. The van der Waals surface area contributed by atoms with E-state index < -0.39 is 18.8 Å². The van der Waals surface area contributed by atoms with E-state index in [4.69, 9.17) is 10.2 Å². The highest BCUT2D eigenvalue weighted by Crippen LogP contribution is 2.24. The third kappa shape index (κ3) is 2.25. The summed E-state index contributed by atoms with van der Waals surface area (Å²) in [4.78, 5) is 5.09. The SMILES string of the molecule is Cc1nc(C(O)C(O)CO)sc1C. The second kappa shape index (κ2) is 4.15. The van der Waals surface area contributed by atoms with Crippen LogP contribution in [0.2, 0.25) is 0 Å². The average Bonchev–Trinajstić information content (AvgIpc) is 2.44. The van der Waals surface area contributed by atoms with E-state index in [9.17, 15) is 5.11 Å². The Kier molecular flexibility index (Phi) is 3.38. The van der Waals surface area contributed by atoms with Crippen LogP contribution in [0.15, 0.2) is 0 Å². The zero-order valence-corrected chi connectivity index (χ0v) is 8.38. The number of aryl methyl sites for hydroxylation is 2. The third-order valence-corrected chi connectivity index (χ3v) is 2.99. The first kappa shape index (κ1) is 10.6. The van der Waals surface area contributed by atoms with E-state index in [0.29, 0.717) is 5.01 Å². The lowest BCUT2D eigenvalue weighted by molar-refractivity contribution is -0.0153. The van der Waals surface area contributed by atoms with Crippen LogP contribution in [0.1, 0.15) is 21.7 Å². The van der Waals surface area contributed by atoms with Gasteiger partial charge in [0, 0.05) is 4.88 Å². The third-order valence-electron chi connectivity index (χ3n) is 1.85. The van der Waals surface area contributed by atoms with Crippen LogP contribution >= 0.6 is 11.3 Å². The lowest BCUT2D eigenvalue weighted by Crippen LogP contribution is -2.21. The number of hydrogen-bond acceptors (Lipinski definition) is 5. The summed E-state index contributed by atoms with van der Waals surface area (Å²) in [5.74, 6) is 0. The lowest BCUT2D eigenvalue weighted by atomic mass is 10.2. The Morgan fingerprint density at radius 3 is 2.38 bits per heavy atom. The van der Waals surface area contributed by atoms with E-state index in [1.54, 1.807) is 0 Å². The van der Waals surface area contributed by atoms with Crippen molar-refractivity contribution in [3.8, 4) is 0 Å². The molecule has 0 aliphatic heterocycles. The lowest BCUT2D eigenvalue weighted by Gasteiger charge is -2.11. The highest BCUT2D eigenvalue weighted by atomic mass is 32.1. The van der Waals surface area contributed by atoms with Gasteiger partial charge in [0.25, 0.3) is 0 Å². The van der Waals surface area contributed by atoms with Gasteiger partial charge in [-0.05, 0) is 13.8 Å². The normalized spacial score (nSPS) is 15.8. The summed E-state index contributed by atoms with van der Waals surface area (Å²) in [5, 5.41) is 27.7. The molecule has 1 heterocycles. The maximum Gasteiger partial charge on any atom is 0.134 e. The summed E-state index contributed by atoms with van der Waals surface area (Å²) < 4.78 is 0. The quantitative estimate of drug-likeness (QED) is 0.653. The number of aromatic nitrogens is 1. The number of thiazole rings is 1. The molecule has 0 aliphatic carbocycles. The van der Waals surface area contributed by atoms with E-state index in [2.05, 4.69) is 4.98 Å². The van der Waals surface area contributed by atoms with Crippen molar-refractivity contribution >= 4 is 11.3 Å². The topological polar surface area (TPSA) is 73.6 Å². The monoisotopic (exact) mass is 203 g/mol. The fraction of sp³-hybridized carbons (Fsp3) is 0.625. The molecule has 0 amide bonds. The van der Waals surface area contributed by atoms with Crippen molar-refractivity contribution < 1.29 is 15.3 Å². The van der Waals surface area contributed by atoms with Gasteiger partial charge in [0.1, 0.15) is 17.2 Å². The minimum atomic E-state index is -1.15. The number of hydrogen-bond donors (Lipinski definition) is 3. The maximum atomic E-state index is 9.46. The van der Waals surface area contributed by atoms with Crippen LogP contribution in [0, 0.1) is 13.8 Å². The molecule has 3 N–H and O–H groups in total. The van der Waals surface area contributed by atoms with Crippen molar-refractivity contribution in [3.63, 3.8) is 0 Å². The number of rotatable bonds is 3. The fourth-order valence-corrected chi connectivity index (χ4v) is 1.86. The summed E-state index contributed by atoms with van der Waals surface area (Å²) in [7, 11) is 0. The van der Waals surface area contributed by atoms with E-state index in [1.165, 1.54) is 11.3 Å². The van der Waals surface area contributed by atoms with Gasteiger partial charge in [0.15, 0.2) is 0 Å². The fourth-order valence-electron chi connectivity index (χ4n) is 0.888. The van der Waals surface area contributed by atoms with Gasteiger partial charge in [-0.15, -0.1) is 11.3 Å². The minimum absolute atomic E-state index is 0.455. The van der Waals surface area contributed by atoms with Gasteiger partial charge in [-0.2, -0.15) is 0 Å². The molecule has 4 nitrogen and oxygen atoms in total. The van der Waals surface area contributed by atoms with Crippen molar-refractivity contribution in [1.82, 2.24) is 4.98 Å². The zero-order chi connectivity index (χ0) is 10.0. The van der Waals surface area contributed by atoms with Crippen LogP contribution in [0.3, 0.4) is 0 Å². The van der Waals surface area contributed by atoms with Crippen LogP contribution in [0.25, 0.3) is 0 Å². The van der Waals surface area contributed by atoms with Crippen LogP contribution < -0.4 is 0 Å². The summed E-state index contributed by atoms with van der Waals surface area (Å²) in [5.41, 5.74) is 0.851. The minimum Gasteiger partial charge on any atom is -0.394 e. The van der Waals surface area contributed by atoms with Crippen LogP contribution in [-0.2, 0) is 0 Å². The average molecular weight is 203 g/mol. The van der Waals surface area contributed by atoms with Gasteiger partial charge in [-0.25, -0.2) is 4.98 Å². The Morgan fingerprint density at radius 1 is 1.38 bits per heavy atom. The maximum absolute atomic E-state index is 9.46. The second-order valence-electron chi connectivity index (χ2n) is 2.89. The van der Waals surface area contributed by atoms with E-state index >= 15 is 0 Å². The smallest absolute Gasteiger partial charge is 0.134 e. The molecule has 1 aromatic heterocycles. The van der Waals surface area contributed by atoms with Crippen LogP contribution in [-0.4, -0.2) is 33.0 Å². The van der Waals surface area contributed by atoms with Crippen molar-refractivity contribution in [1.29, 1.82) is 0 Å². The molecule has 0 saturated carbocycles. The molecule has 13 heavy (non-hydrogen) atoms. The summed E-state index contributed by atoms with van der Waals surface area (Å²) >= 11 is 1.33. The van der Waals surface area contributed by atoms with Crippen molar-refractivity contribution in [2.24, 2.45) is 0 Å². The Hall–Kier alpha value is -0.490. The molecular formula is C8H13NO3S. The summed E-state index contributed by atoms with van der Waals surface area (Å²) in [6.45, 7) is 3.28. The van der Waals surface area contributed by atoms with Gasteiger partial charge < -0.3 is 15.3 Å². The molecule has 0 spiro atoms. The highest BCUT2D eigenvalue weighted by Gasteiger charge is 2.21. The number of aliphatic hydroxyl groups excluding tert-OH is 3. The molecule has 0 bridgehead atoms. The van der Waals surface area contributed by atoms with Crippen molar-refractivity contribution in [2.75, 3.05) is 6.61 Å². The van der Waals surface area contributed by atoms with Crippen molar-refractivity contribution in [3.05, 3.63) is 15.6 Å². The molecule has 5 heteroatoms. The molecule has 0 radical (unpaired) electrons. The van der Waals surface area contributed by atoms with E-state index in [-0.39, 0.29) is 0 Å². The molecule has 0 aliphatic rings. The van der Waals surface area contributed by atoms with Crippen LogP contribution in [0.4, 0.5) is 0 Å². The van der Waals surface area contributed by atoms with E-state index in [1.807, 2.05) is 13.8 Å². The highest BCUT2D eigenvalue weighted by molar-refractivity contribution is 7.11. The van der Waals surface area contributed by atoms with Gasteiger partial charge in [0.2, 0.25) is 0 Å². The Bertz CT molecular complexity index is 267. The molecule has 1 aromatic rings. The standard InChI is InChI=1S/C8H13NO3S/c1-4-5(2)13-8(9-4)7(12)6(11)3-10/h6-7,10-12H,3H2,1-2H3. The zero-order valence-electron chi connectivity index (χ0n) is 7.56. The first-order chi connectivity index (χ1) is 6.06. The molecule has 0 fully saturated rings. The molecule has 0 saturated heterocycles. The first-order valence-electron chi connectivity index (χ1n) is 3.97. The van der Waals surface area contributed by atoms with Gasteiger partial charge in [-0.1, -0.05) is 0 Å². The molecule has 0 aromatic carbocycles. The predicted molar refractivity (Wildman–Crippen MR) is 49.6 cm³/mol. The van der Waals surface area contributed by atoms with Gasteiger partial charge in [0.05, 0.1) is 12.3 Å². The Morgan fingerprint density at radius 2 is 2.00 bits per heavy atom. The van der Waals surface area contributed by atoms with E-state index in [0.717, 1.165) is 10.6 Å². The summed E-state index contributed by atoms with van der Waals surface area (Å²) in [6.07, 6.45) is -2.23. The van der Waals surface area contributed by atoms with Crippen molar-refractivity contribution in [2.45, 2.75) is 26.1 Å². The first-order valence-corrected chi connectivity index (χ1v) is 4.78. The Labute approximate surface area is 80.5 Å². The Balaban J connectivity index is 2.82.